The van der Waals surface area contributed by atoms with E-state index in [2.05, 4.69) is 12.0 Å². The van der Waals surface area contributed by atoms with Gasteiger partial charge in [0.2, 0.25) is 5.88 Å². The van der Waals surface area contributed by atoms with Gasteiger partial charge in [-0.2, -0.15) is 10.1 Å². The largest absolute Gasteiger partial charge is 0.478 e. The van der Waals surface area contributed by atoms with E-state index in [4.69, 9.17) is 22.1 Å². The highest BCUT2D eigenvalue weighted by Gasteiger charge is 2.29. The summed E-state index contributed by atoms with van der Waals surface area (Å²) in [5, 5.41) is 6.85. The Bertz CT molecular complexity index is 926. The van der Waals surface area contributed by atoms with Crippen molar-refractivity contribution < 1.29 is 9.53 Å². The van der Waals surface area contributed by atoms with Gasteiger partial charge in [-0.25, -0.2) is 0 Å². The number of nitrogens with two attached hydrogens (primary N) is 1. The molecule has 170 valence electrons. The number of nitrogens with zero attached hydrogens (tertiary/aromatic N) is 2. The topological polar surface area (TPSA) is 67.9 Å². The van der Waals surface area contributed by atoms with Crippen molar-refractivity contribution in [1.82, 2.24) is 0 Å². The van der Waals surface area contributed by atoms with Crippen molar-refractivity contribution in [2.45, 2.75) is 51.9 Å². The molecule has 0 saturated heterocycles. The number of carbonyl (C=O) groups excluding carboxylic acids is 1. The number of hydrogen-bond donors (Lipinski definition) is 1. The van der Waals surface area contributed by atoms with E-state index in [0.717, 1.165) is 24.1 Å². The van der Waals surface area contributed by atoms with Gasteiger partial charge in [-0.15, -0.1) is 0 Å². The molecule has 0 fully saturated rings. The summed E-state index contributed by atoms with van der Waals surface area (Å²) >= 11 is 5.95. The molecule has 1 heterocycles. The van der Waals surface area contributed by atoms with Crippen LogP contribution in [-0.4, -0.2) is 18.2 Å². The van der Waals surface area contributed by atoms with Gasteiger partial charge in [0.1, 0.15) is 11.8 Å². The Hall–Kier alpha value is -2.79. The maximum atomic E-state index is 13.0. The van der Waals surface area contributed by atoms with E-state index in [1.807, 2.05) is 42.5 Å². The van der Waals surface area contributed by atoms with Crippen LogP contribution in [0.2, 0.25) is 5.02 Å². The third-order valence-corrected chi connectivity index (χ3v) is 5.69. The van der Waals surface area contributed by atoms with Gasteiger partial charge < -0.3 is 10.5 Å². The second kappa shape index (κ2) is 12.3. The molecule has 1 atom stereocenters. The monoisotopic (exact) mass is 453 g/mol. The molecule has 2 aromatic carbocycles. The first-order valence-corrected chi connectivity index (χ1v) is 11.8. The van der Waals surface area contributed by atoms with E-state index in [1.54, 1.807) is 23.2 Å². The van der Waals surface area contributed by atoms with Crippen LogP contribution < -0.4 is 10.7 Å². The summed E-state index contributed by atoms with van der Waals surface area (Å²) in [5.74, 6) is 0.167. The molecule has 1 aliphatic rings. The first kappa shape index (κ1) is 23.9. The Kier molecular flexibility index (Phi) is 9.17. The lowest BCUT2D eigenvalue weighted by Crippen LogP contribution is -2.38. The Labute approximate surface area is 195 Å². The predicted molar refractivity (Wildman–Crippen MR) is 132 cm³/mol. The predicted octanol–water partition coefficient (Wildman–Crippen LogP) is 6.08. The molecule has 0 aliphatic carbocycles. The number of hydrazone groups is 1. The van der Waals surface area contributed by atoms with Crippen LogP contribution in [0, 0.1) is 5.92 Å². The molecular formula is C26H32ClN3O2. The zero-order chi connectivity index (χ0) is 22.8. The number of halogens is 1. The highest BCUT2D eigenvalue weighted by atomic mass is 35.5. The summed E-state index contributed by atoms with van der Waals surface area (Å²) < 4.78 is 6.11. The summed E-state index contributed by atoms with van der Waals surface area (Å²) in [5.41, 5.74) is 7.97. The van der Waals surface area contributed by atoms with Crippen LogP contribution in [0.15, 0.2) is 71.7 Å². The summed E-state index contributed by atoms with van der Waals surface area (Å²) in [6, 6.07) is 17.0. The quantitative estimate of drug-likeness (QED) is 0.395. The van der Waals surface area contributed by atoms with Crippen LogP contribution in [0.3, 0.4) is 0 Å². The molecule has 1 unspecified atom stereocenters. The van der Waals surface area contributed by atoms with E-state index in [0.29, 0.717) is 17.5 Å². The molecule has 5 nitrogen and oxygen atoms in total. The Morgan fingerprint density at radius 3 is 2.44 bits per heavy atom. The van der Waals surface area contributed by atoms with Crippen molar-refractivity contribution in [3.63, 3.8) is 0 Å². The minimum absolute atomic E-state index is 0.0260. The second-order valence-electron chi connectivity index (χ2n) is 8.04. The van der Waals surface area contributed by atoms with Crippen LogP contribution in [0.25, 0.3) is 0 Å². The third-order valence-electron chi connectivity index (χ3n) is 5.44. The van der Waals surface area contributed by atoms with Crippen molar-refractivity contribution >= 4 is 28.9 Å². The lowest BCUT2D eigenvalue weighted by Gasteiger charge is -2.28. The maximum Gasteiger partial charge on any atom is 0.212 e. The molecule has 2 N–H and O–H groups in total. The lowest BCUT2D eigenvalue weighted by atomic mass is 9.96. The van der Waals surface area contributed by atoms with Crippen molar-refractivity contribution in [2.75, 3.05) is 11.6 Å². The molecule has 0 aromatic heterocycles. The van der Waals surface area contributed by atoms with Crippen LogP contribution in [0.1, 0.15) is 51.0 Å². The van der Waals surface area contributed by atoms with E-state index in [1.165, 1.54) is 25.7 Å². The number of amidine groups is 1. The van der Waals surface area contributed by atoms with Gasteiger partial charge in [-0.05, 0) is 42.3 Å². The molecule has 0 radical (unpaired) electrons. The van der Waals surface area contributed by atoms with Gasteiger partial charge >= 0.3 is 0 Å². The molecule has 0 amide bonds. The number of ether oxygens (including phenoxy) is 1. The maximum absolute atomic E-state index is 13.0. The number of rotatable bonds is 12. The number of carbonyl (C=O) groups is 1. The number of ketones is 1. The first-order valence-electron chi connectivity index (χ1n) is 11.4. The Morgan fingerprint density at radius 1 is 1.03 bits per heavy atom. The molecule has 1 aliphatic heterocycles. The van der Waals surface area contributed by atoms with Gasteiger partial charge in [0.05, 0.1) is 12.3 Å². The number of Topliss-reactive ketones (excluding diaryl/α,β-unsaturated/α-hetero) is 1. The van der Waals surface area contributed by atoms with Crippen molar-refractivity contribution in [3.8, 4) is 0 Å². The van der Waals surface area contributed by atoms with Crippen LogP contribution >= 0.6 is 11.6 Å². The lowest BCUT2D eigenvalue weighted by molar-refractivity contribution is -0.119. The molecule has 2 aromatic rings. The summed E-state index contributed by atoms with van der Waals surface area (Å²) in [7, 11) is 0. The van der Waals surface area contributed by atoms with Crippen LogP contribution in [-0.2, 0) is 16.0 Å². The fourth-order valence-corrected chi connectivity index (χ4v) is 3.75. The van der Waals surface area contributed by atoms with Gasteiger partial charge in [0, 0.05) is 11.4 Å². The van der Waals surface area contributed by atoms with Crippen LogP contribution in [0.4, 0.5) is 5.69 Å². The second-order valence-corrected chi connectivity index (χ2v) is 8.48. The summed E-state index contributed by atoms with van der Waals surface area (Å²) in [6.45, 7) is 2.79. The minimum Gasteiger partial charge on any atom is -0.478 e. The Morgan fingerprint density at radius 2 is 1.72 bits per heavy atom. The highest BCUT2D eigenvalue weighted by molar-refractivity contribution is 6.30. The fraction of sp³-hybridized carbons (Fsp3) is 0.385. The molecular weight excluding hydrogens is 422 g/mol. The van der Waals surface area contributed by atoms with Gasteiger partial charge in [-0.1, -0.05) is 81.0 Å². The molecule has 3 rings (SSSR count). The van der Waals surface area contributed by atoms with E-state index >= 15 is 0 Å². The molecule has 32 heavy (non-hydrogen) atoms. The van der Waals surface area contributed by atoms with Crippen molar-refractivity contribution in [2.24, 2.45) is 16.8 Å². The Balaban J connectivity index is 1.70. The third kappa shape index (κ3) is 6.86. The van der Waals surface area contributed by atoms with Crippen LogP contribution in [0.5, 0.6) is 0 Å². The minimum atomic E-state index is -0.620. The zero-order valence-corrected chi connectivity index (χ0v) is 19.4. The number of para-hydroxylation sites is 1. The van der Waals surface area contributed by atoms with Crippen molar-refractivity contribution in [1.29, 1.82) is 0 Å². The number of benzene rings is 2. The smallest absolute Gasteiger partial charge is 0.212 e. The van der Waals surface area contributed by atoms with Crippen molar-refractivity contribution in [3.05, 3.63) is 77.1 Å². The van der Waals surface area contributed by atoms with Gasteiger partial charge in [-0.3, -0.25) is 4.79 Å². The van der Waals surface area contributed by atoms with Gasteiger partial charge in [0.15, 0.2) is 5.78 Å². The fourth-order valence-electron chi connectivity index (χ4n) is 3.62. The van der Waals surface area contributed by atoms with Gasteiger partial charge in [0.25, 0.3) is 0 Å². The molecule has 6 heteroatoms. The highest BCUT2D eigenvalue weighted by Crippen LogP contribution is 2.26. The zero-order valence-electron chi connectivity index (χ0n) is 18.7. The average molecular weight is 454 g/mol. The average Bonchev–Trinajstić information content (AvgIpc) is 2.81. The molecule has 0 bridgehead atoms. The molecule has 0 spiro atoms. The van der Waals surface area contributed by atoms with E-state index < -0.39 is 5.92 Å². The molecule has 0 saturated carbocycles. The SMILES string of the molecule is CCCCCCCCOC1=CC(C(=O)Cc2ccc(Cl)cc2)C(N)=NN1c1ccccc1. The number of hydrogen-bond acceptors (Lipinski definition) is 5. The summed E-state index contributed by atoms with van der Waals surface area (Å²) in [6.07, 6.45) is 9.13. The van der Waals surface area contributed by atoms with E-state index in [-0.39, 0.29) is 18.0 Å². The van der Waals surface area contributed by atoms with E-state index in [9.17, 15) is 4.79 Å². The normalized spacial score (nSPS) is 15.8. The first-order chi connectivity index (χ1) is 15.6. The standard InChI is InChI=1S/C26H32ClN3O2/c1-2-3-4-5-6-10-17-32-25-19-23(24(31)18-20-13-15-21(27)16-14-20)26(28)29-30(25)22-11-8-7-9-12-22/h7-9,11-16,19,23H,2-6,10,17-18H2,1H3,(H2,28,29). The summed E-state index contributed by atoms with van der Waals surface area (Å²) in [4.78, 5) is 13.0. The number of anilines is 1. The number of unbranched alkanes of at least 4 members (excludes halogenated alkanes) is 5.